The zero-order chi connectivity index (χ0) is 22.9. The third kappa shape index (κ3) is 4.72. The van der Waals surface area contributed by atoms with Crippen LogP contribution >= 0.6 is 0 Å². The van der Waals surface area contributed by atoms with E-state index in [4.69, 9.17) is 27.8 Å². The number of benzene rings is 1. The van der Waals surface area contributed by atoms with E-state index in [1.54, 1.807) is 14.2 Å². The molecule has 0 aromatic heterocycles. The molecule has 31 heavy (non-hydrogen) atoms. The molecule has 2 N–H and O–H groups in total. The highest BCUT2D eigenvalue weighted by atomic mass is 16.5. The lowest BCUT2D eigenvalue weighted by Gasteiger charge is -2.54. The normalized spacial score (nSPS) is 26.9. The van der Waals surface area contributed by atoms with E-state index < -0.39 is 11.5 Å². The van der Waals surface area contributed by atoms with Crippen LogP contribution in [0.2, 0.25) is 0 Å². The highest BCUT2D eigenvalue weighted by Gasteiger charge is 2.48. The molecule has 2 radical (unpaired) electrons. The van der Waals surface area contributed by atoms with Gasteiger partial charge in [0.1, 0.15) is 20.0 Å². The molecule has 1 aromatic carbocycles. The van der Waals surface area contributed by atoms with Crippen molar-refractivity contribution in [1.29, 1.82) is 0 Å². The third-order valence-electron chi connectivity index (χ3n) is 6.82. The summed E-state index contributed by atoms with van der Waals surface area (Å²) < 4.78 is 17.1. The van der Waals surface area contributed by atoms with Crippen LogP contribution in [-0.4, -0.2) is 58.2 Å². The summed E-state index contributed by atoms with van der Waals surface area (Å²) in [6, 6.07) is 3.38. The second kappa shape index (κ2) is 9.41. The quantitative estimate of drug-likeness (QED) is 0.532. The van der Waals surface area contributed by atoms with Crippen LogP contribution in [0.25, 0.3) is 0 Å². The first-order chi connectivity index (χ1) is 14.6. The standard InChI is InChI=1S/C24H37BN2O4/c1-14(2)9-17-13-27-8-7-16-10-19(29-5)20(30-6)11-18(16)24(27,25)12-21(17)31-23(28)22(26)15(3)4/h10-11,14-15,17,21-22H,7-9,12-13,26H2,1-6H3/t17?,21?,22-,24?/m0/s1. The van der Waals surface area contributed by atoms with Crippen molar-refractivity contribution in [3.63, 3.8) is 0 Å². The fourth-order valence-electron chi connectivity index (χ4n) is 4.99. The molecular formula is C24H37BN2O4. The molecule has 3 unspecified atom stereocenters. The molecule has 0 aliphatic carbocycles. The predicted molar refractivity (Wildman–Crippen MR) is 123 cm³/mol. The maximum atomic E-state index is 12.7. The topological polar surface area (TPSA) is 74.0 Å². The molecule has 2 aliphatic rings. The summed E-state index contributed by atoms with van der Waals surface area (Å²) in [4.78, 5) is 15.1. The highest BCUT2D eigenvalue weighted by molar-refractivity contribution is 6.16. The Balaban J connectivity index is 1.96. The zero-order valence-corrected chi connectivity index (χ0v) is 19.8. The van der Waals surface area contributed by atoms with Crippen molar-refractivity contribution in [3.05, 3.63) is 23.3 Å². The Kier molecular flexibility index (Phi) is 7.26. The first kappa shape index (κ1) is 23.9. The van der Waals surface area contributed by atoms with Gasteiger partial charge in [0.15, 0.2) is 11.5 Å². The number of fused-ring (bicyclic) bond motifs is 3. The summed E-state index contributed by atoms with van der Waals surface area (Å²) in [7, 11) is 10.4. The van der Waals surface area contributed by atoms with E-state index in [1.807, 2.05) is 26.0 Å². The van der Waals surface area contributed by atoms with Crippen molar-refractivity contribution >= 4 is 13.8 Å². The van der Waals surface area contributed by atoms with Crippen LogP contribution in [-0.2, 0) is 21.4 Å². The van der Waals surface area contributed by atoms with Gasteiger partial charge in [-0.1, -0.05) is 27.7 Å². The molecule has 0 saturated carbocycles. The van der Waals surface area contributed by atoms with E-state index in [9.17, 15) is 4.79 Å². The summed E-state index contributed by atoms with van der Waals surface area (Å²) in [6.45, 7) is 9.91. The molecule has 2 heterocycles. The molecule has 7 heteroatoms. The molecule has 1 fully saturated rings. The van der Waals surface area contributed by atoms with Crippen molar-refractivity contribution in [2.45, 2.75) is 64.5 Å². The monoisotopic (exact) mass is 428 g/mol. The van der Waals surface area contributed by atoms with E-state index in [0.29, 0.717) is 23.8 Å². The minimum absolute atomic E-state index is 0.0232. The molecule has 1 aromatic rings. The number of methoxy groups -OCH3 is 2. The van der Waals surface area contributed by atoms with Crippen LogP contribution in [0.3, 0.4) is 0 Å². The molecule has 4 atom stereocenters. The molecule has 0 amide bonds. The molecule has 6 nitrogen and oxygen atoms in total. The average molecular weight is 428 g/mol. The van der Waals surface area contributed by atoms with E-state index >= 15 is 0 Å². The van der Waals surface area contributed by atoms with Crippen molar-refractivity contribution < 1.29 is 19.0 Å². The van der Waals surface area contributed by atoms with Crippen LogP contribution in [0.5, 0.6) is 11.5 Å². The van der Waals surface area contributed by atoms with Gasteiger partial charge in [-0.2, -0.15) is 0 Å². The van der Waals surface area contributed by atoms with Crippen molar-refractivity contribution in [2.75, 3.05) is 27.3 Å². The number of nitrogens with zero attached hydrogens (tertiary/aromatic N) is 1. The molecule has 3 rings (SSSR count). The molecule has 2 aliphatic heterocycles. The highest BCUT2D eigenvalue weighted by Crippen LogP contribution is 2.46. The first-order valence-electron chi connectivity index (χ1n) is 11.4. The van der Waals surface area contributed by atoms with Gasteiger partial charge in [0.2, 0.25) is 0 Å². The van der Waals surface area contributed by atoms with Crippen molar-refractivity contribution in [1.82, 2.24) is 4.90 Å². The average Bonchev–Trinajstić information content (AvgIpc) is 2.72. The van der Waals surface area contributed by atoms with E-state index in [1.165, 1.54) is 0 Å². The Morgan fingerprint density at radius 1 is 1.23 bits per heavy atom. The fourth-order valence-corrected chi connectivity index (χ4v) is 4.99. The van der Waals surface area contributed by atoms with Gasteiger partial charge in [0.05, 0.1) is 14.2 Å². The number of nitrogens with two attached hydrogens (primary N) is 1. The number of rotatable bonds is 7. The first-order valence-corrected chi connectivity index (χ1v) is 11.4. The molecule has 170 valence electrons. The smallest absolute Gasteiger partial charge is 0.323 e. The van der Waals surface area contributed by atoms with Gasteiger partial charge in [-0.25, -0.2) is 0 Å². The van der Waals surface area contributed by atoms with Crippen LogP contribution < -0.4 is 15.2 Å². The zero-order valence-electron chi connectivity index (χ0n) is 19.8. The summed E-state index contributed by atoms with van der Waals surface area (Å²) in [5, 5.41) is 0. The second-order valence-corrected chi connectivity index (χ2v) is 9.82. The number of hydrogen-bond donors (Lipinski definition) is 1. The summed E-state index contributed by atoms with van der Waals surface area (Å²) in [5.41, 5.74) is 7.54. The lowest BCUT2D eigenvalue weighted by molar-refractivity contribution is -0.161. The maximum absolute atomic E-state index is 12.7. The summed E-state index contributed by atoms with van der Waals surface area (Å²) in [5.74, 6) is 1.77. The largest absolute Gasteiger partial charge is 0.493 e. The minimum Gasteiger partial charge on any atom is -0.493 e. The number of esters is 1. The van der Waals surface area contributed by atoms with Crippen LogP contribution in [0.1, 0.15) is 51.7 Å². The Bertz CT molecular complexity index is 800. The Morgan fingerprint density at radius 3 is 2.45 bits per heavy atom. The second-order valence-electron chi connectivity index (χ2n) is 9.82. The number of hydrogen-bond acceptors (Lipinski definition) is 6. The van der Waals surface area contributed by atoms with Gasteiger partial charge in [-0.15, -0.1) is 0 Å². The van der Waals surface area contributed by atoms with E-state index in [-0.39, 0.29) is 23.9 Å². The van der Waals surface area contributed by atoms with Crippen LogP contribution in [0, 0.1) is 17.8 Å². The molecule has 1 saturated heterocycles. The van der Waals surface area contributed by atoms with Crippen molar-refractivity contribution in [2.24, 2.45) is 23.5 Å². The lowest BCUT2D eigenvalue weighted by atomic mass is 9.60. The van der Waals surface area contributed by atoms with Crippen molar-refractivity contribution in [3.8, 4) is 11.5 Å². The minimum atomic E-state index is -0.729. The number of carbonyl (C=O) groups is 1. The fraction of sp³-hybridized carbons (Fsp3) is 0.708. The molecular weight excluding hydrogens is 391 g/mol. The summed E-state index contributed by atoms with van der Waals surface area (Å²) in [6.07, 6.45) is 2.12. The number of carbonyl (C=O) groups excluding carboxylic acids is 1. The number of piperidine rings is 1. The van der Waals surface area contributed by atoms with E-state index in [0.717, 1.165) is 37.1 Å². The number of ether oxygens (including phenoxy) is 3. The maximum Gasteiger partial charge on any atom is 0.323 e. The Labute approximate surface area is 188 Å². The van der Waals surface area contributed by atoms with Gasteiger partial charge in [0.25, 0.3) is 0 Å². The lowest BCUT2D eigenvalue weighted by Crippen LogP contribution is -2.60. The Hall–Kier alpha value is -1.73. The van der Waals surface area contributed by atoms with Gasteiger partial charge < -0.3 is 24.8 Å². The van der Waals surface area contributed by atoms with Gasteiger partial charge >= 0.3 is 5.97 Å². The summed E-state index contributed by atoms with van der Waals surface area (Å²) >= 11 is 0. The van der Waals surface area contributed by atoms with Crippen LogP contribution in [0.4, 0.5) is 0 Å². The predicted octanol–water partition coefficient (Wildman–Crippen LogP) is 2.84. The van der Waals surface area contributed by atoms with Gasteiger partial charge in [-0.3, -0.25) is 4.79 Å². The van der Waals surface area contributed by atoms with Gasteiger partial charge in [0, 0.05) is 24.4 Å². The molecule has 0 bridgehead atoms. The third-order valence-corrected chi connectivity index (χ3v) is 6.82. The van der Waals surface area contributed by atoms with E-state index in [2.05, 4.69) is 18.7 Å². The Morgan fingerprint density at radius 2 is 1.87 bits per heavy atom. The van der Waals surface area contributed by atoms with Crippen LogP contribution in [0.15, 0.2) is 12.1 Å². The molecule has 0 spiro atoms. The SMILES string of the molecule is [B]C12CC(OC(=O)[C@@H](N)C(C)C)C(CC(C)C)CN1CCc1cc(OC)c(OC)cc12. The van der Waals surface area contributed by atoms with Gasteiger partial charge in [-0.05, 0) is 54.4 Å².